The van der Waals surface area contributed by atoms with Crippen LogP contribution in [0.4, 0.5) is 0 Å². The molecule has 4 saturated carbocycles. The number of benzene rings is 1. The first-order valence-electron chi connectivity index (χ1n) is 21.4. The van der Waals surface area contributed by atoms with E-state index >= 15 is 0 Å². The maximum Gasteiger partial charge on any atom is 0.312 e. The zero-order valence-electron chi connectivity index (χ0n) is 35.9. The molecule has 1 heterocycles. The van der Waals surface area contributed by atoms with Gasteiger partial charge in [-0.3, -0.25) is 9.59 Å². The molecule has 1 aromatic carbocycles. The van der Waals surface area contributed by atoms with Crippen LogP contribution in [0.3, 0.4) is 0 Å². The first-order chi connectivity index (χ1) is 25.5. The van der Waals surface area contributed by atoms with Gasteiger partial charge in [-0.15, -0.1) is 0 Å². The number of halogens is 1. The van der Waals surface area contributed by atoms with Crippen molar-refractivity contribution in [3.63, 3.8) is 0 Å². The fraction of sp³-hybridized carbons (Fsp3) is 0.729. The molecule has 55 heavy (non-hydrogen) atoms. The van der Waals surface area contributed by atoms with Gasteiger partial charge in [0.05, 0.1) is 23.4 Å². The van der Waals surface area contributed by atoms with Crippen LogP contribution in [-0.4, -0.2) is 28.6 Å². The molecule has 7 rings (SSSR count). The van der Waals surface area contributed by atoms with Crippen LogP contribution in [-0.2, 0) is 24.5 Å². The number of carbonyl (C=O) groups excluding carboxylic acids is 2. The van der Waals surface area contributed by atoms with E-state index in [1.807, 2.05) is 51.2 Å². The summed E-state index contributed by atoms with van der Waals surface area (Å²) >= 11 is 6.23. The molecule has 2 aromatic rings. The highest BCUT2D eigenvalue weighted by Crippen LogP contribution is 2.77. The summed E-state index contributed by atoms with van der Waals surface area (Å²) in [6, 6.07) is 7.90. The molecule has 5 aliphatic rings. The van der Waals surface area contributed by atoms with Gasteiger partial charge in [0.15, 0.2) is 5.76 Å². The van der Waals surface area contributed by atoms with Crippen molar-refractivity contribution in [3.05, 3.63) is 52.5 Å². The summed E-state index contributed by atoms with van der Waals surface area (Å²) in [6.07, 6.45) is 12.9. The van der Waals surface area contributed by atoms with Gasteiger partial charge in [-0.25, -0.2) is 4.98 Å². The van der Waals surface area contributed by atoms with Gasteiger partial charge < -0.3 is 13.9 Å². The summed E-state index contributed by atoms with van der Waals surface area (Å²) < 4.78 is 18.8. The lowest BCUT2D eigenvalue weighted by Crippen LogP contribution is -2.66. The first-order valence-corrected chi connectivity index (χ1v) is 21.7. The lowest BCUT2D eigenvalue weighted by atomic mass is 9.33. The molecule has 0 aliphatic heterocycles. The van der Waals surface area contributed by atoms with Crippen LogP contribution in [0.5, 0.6) is 0 Å². The summed E-state index contributed by atoms with van der Waals surface area (Å²) in [5, 5.41) is 0.722. The second kappa shape index (κ2) is 13.5. The zero-order chi connectivity index (χ0) is 40.1. The maximum absolute atomic E-state index is 13.5. The molecule has 6 nitrogen and oxygen atoms in total. The minimum atomic E-state index is -0.952. The average Bonchev–Trinajstić information content (AvgIpc) is 3.73. The van der Waals surface area contributed by atoms with E-state index in [9.17, 15) is 9.59 Å². The molecule has 0 spiro atoms. The van der Waals surface area contributed by atoms with Gasteiger partial charge in [-0.2, -0.15) is 0 Å². The van der Waals surface area contributed by atoms with Crippen molar-refractivity contribution >= 4 is 23.5 Å². The SMILES string of the molecule is CC(C)C1=C2[C@H]3CC[C@@H]4[C@@]5(C)CC[C@H](OC(=O)CC(C)(C)C(=O)OC(C)(C)C)C(C)(C)[C@@H]5CC[C@@]4(C)[C@]3(C)CC[C@@]2(c2ncc(-c3ccc(Cl)cc3)o2)CC1. The van der Waals surface area contributed by atoms with E-state index in [4.69, 9.17) is 30.5 Å². The van der Waals surface area contributed by atoms with Crippen molar-refractivity contribution in [1.82, 2.24) is 4.98 Å². The minimum Gasteiger partial charge on any atom is -0.462 e. The van der Waals surface area contributed by atoms with Crippen LogP contribution in [0.1, 0.15) is 160 Å². The number of nitrogens with zero attached hydrogens (tertiary/aromatic N) is 1. The van der Waals surface area contributed by atoms with Gasteiger partial charge in [0.2, 0.25) is 5.89 Å². The van der Waals surface area contributed by atoms with Crippen LogP contribution >= 0.6 is 11.6 Å². The molecule has 0 radical (unpaired) electrons. The molecular weight excluding hydrogens is 706 g/mol. The van der Waals surface area contributed by atoms with Gasteiger partial charge in [-0.05, 0) is 163 Å². The Hall–Kier alpha value is -2.60. The Morgan fingerprint density at radius 1 is 0.873 bits per heavy atom. The van der Waals surface area contributed by atoms with E-state index in [0.29, 0.717) is 23.7 Å². The van der Waals surface area contributed by atoms with Gasteiger partial charge in [0.25, 0.3) is 0 Å². The van der Waals surface area contributed by atoms with Gasteiger partial charge in [0, 0.05) is 16.0 Å². The number of oxazole rings is 1. The van der Waals surface area contributed by atoms with E-state index in [2.05, 4.69) is 48.5 Å². The molecule has 0 saturated heterocycles. The quantitative estimate of drug-likeness (QED) is 0.206. The summed E-state index contributed by atoms with van der Waals surface area (Å²) in [7, 11) is 0. The Bertz CT molecular complexity index is 1850. The van der Waals surface area contributed by atoms with Crippen LogP contribution in [0, 0.1) is 50.7 Å². The monoisotopic (exact) mass is 773 g/mol. The third kappa shape index (κ3) is 6.45. The topological polar surface area (TPSA) is 78.6 Å². The molecule has 7 heteroatoms. The smallest absolute Gasteiger partial charge is 0.312 e. The Balaban J connectivity index is 1.14. The van der Waals surface area contributed by atoms with Crippen molar-refractivity contribution in [3.8, 4) is 11.3 Å². The third-order valence-corrected chi connectivity index (χ3v) is 16.7. The molecule has 0 amide bonds. The summed E-state index contributed by atoms with van der Waals surface area (Å²) in [6.45, 7) is 26.6. The molecule has 5 aliphatic carbocycles. The third-order valence-electron chi connectivity index (χ3n) is 16.5. The van der Waals surface area contributed by atoms with Crippen molar-refractivity contribution in [1.29, 1.82) is 0 Å². The van der Waals surface area contributed by atoms with Gasteiger partial charge in [-0.1, -0.05) is 71.2 Å². The number of allylic oxidation sites excluding steroid dienone is 2. The van der Waals surface area contributed by atoms with Crippen LogP contribution in [0.2, 0.25) is 5.02 Å². The number of esters is 2. The Morgan fingerprint density at radius 3 is 2.22 bits per heavy atom. The highest BCUT2D eigenvalue weighted by molar-refractivity contribution is 6.30. The highest BCUT2D eigenvalue weighted by atomic mass is 35.5. The van der Waals surface area contributed by atoms with Crippen LogP contribution < -0.4 is 0 Å². The number of hydrogen-bond acceptors (Lipinski definition) is 6. The molecule has 0 bridgehead atoms. The number of rotatable bonds is 7. The summed E-state index contributed by atoms with van der Waals surface area (Å²) in [5.74, 6) is 3.12. The minimum absolute atomic E-state index is 0.0164. The lowest BCUT2D eigenvalue weighted by Gasteiger charge is -2.72. The van der Waals surface area contributed by atoms with E-state index < -0.39 is 11.0 Å². The van der Waals surface area contributed by atoms with E-state index in [0.717, 1.165) is 60.8 Å². The molecule has 0 unspecified atom stereocenters. The predicted molar refractivity (Wildman–Crippen MR) is 219 cm³/mol. The van der Waals surface area contributed by atoms with E-state index in [1.54, 1.807) is 25.0 Å². The zero-order valence-corrected chi connectivity index (χ0v) is 36.7. The Labute approximate surface area is 336 Å². The standard InChI is InChI=1S/C48H68ClNO5/c1-29(2)32-19-24-48(40-50-28-34(53-40)30-13-15-31(49)16-14-30)26-25-46(11)33(39(32)48)17-18-36-45(10)22-21-37(44(8,9)35(45)20-23-47(36,46)12)54-38(51)27-43(6,7)41(52)55-42(3,4)5/h13-16,28-29,33,35-37H,17-27H2,1-12H3/t33-,35+,36-,37+,45+,46-,47-,48+/m1/s1. The summed E-state index contributed by atoms with van der Waals surface area (Å²) in [4.78, 5) is 31.6. The van der Waals surface area contributed by atoms with Crippen molar-refractivity contribution < 1.29 is 23.5 Å². The molecule has 8 atom stereocenters. The largest absolute Gasteiger partial charge is 0.462 e. The number of carbonyl (C=O) groups is 2. The normalized spacial score (nSPS) is 35.7. The molecular formula is C48H68ClNO5. The number of hydrogen-bond donors (Lipinski definition) is 0. The highest BCUT2D eigenvalue weighted by Gasteiger charge is 2.70. The molecule has 0 N–H and O–H groups in total. The van der Waals surface area contributed by atoms with Crippen molar-refractivity contribution in [2.24, 2.45) is 50.7 Å². The second-order valence-corrected chi connectivity index (χ2v) is 22.2. The average molecular weight is 775 g/mol. The number of ether oxygens (including phenoxy) is 2. The number of fused-ring (bicyclic) bond motifs is 7. The Kier molecular flexibility index (Phi) is 9.95. The second-order valence-electron chi connectivity index (χ2n) is 21.7. The fourth-order valence-electron chi connectivity index (χ4n) is 13.5. The first kappa shape index (κ1) is 40.6. The van der Waals surface area contributed by atoms with Crippen molar-refractivity contribution in [2.75, 3.05) is 0 Å². The molecule has 1 aromatic heterocycles. The molecule has 302 valence electrons. The van der Waals surface area contributed by atoms with Crippen LogP contribution in [0.25, 0.3) is 11.3 Å². The predicted octanol–water partition coefficient (Wildman–Crippen LogP) is 12.7. The van der Waals surface area contributed by atoms with E-state index in [-0.39, 0.29) is 51.5 Å². The lowest BCUT2D eigenvalue weighted by molar-refractivity contribution is -0.232. The van der Waals surface area contributed by atoms with Crippen molar-refractivity contribution in [2.45, 2.75) is 171 Å². The summed E-state index contributed by atoms with van der Waals surface area (Å²) in [5.41, 5.74) is 2.98. The molecule has 4 fully saturated rings. The van der Waals surface area contributed by atoms with Gasteiger partial charge >= 0.3 is 11.9 Å². The maximum atomic E-state index is 13.5. The fourth-order valence-corrected chi connectivity index (χ4v) is 13.6. The van der Waals surface area contributed by atoms with Gasteiger partial charge in [0.1, 0.15) is 11.7 Å². The van der Waals surface area contributed by atoms with E-state index in [1.165, 1.54) is 25.7 Å². The number of aromatic nitrogens is 1. The Morgan fingerprint density at radius 2 is 1.56 bits per heavy atom. The van der Waals surface area contributed by atoms with Crippen LogP contribution in [0.15, 0.2) is 46.0 Å².